The fourth-order valence-corrected chi connectivity index (χ4v) is 2.04. The van der Waals surface area contributed by atoms with Crippen LogP contribution in [0.25, 0.3) is 0 Å². The highest BCUT2D eigenvalue weighted by molar-refractivity contribution is 7.80. The van der Waals surface area contributed by atoms with Gasteiger partial charge < -0.3 is 16.0 Å². The van der Waals surface area contributed by atoms with Crippen LogP contribution in [0.5, 0.6) is 0 Å². The molecule has 0 saturated heterocycles. The van der Waals surface area contributed by atoms with Crippen molar-refractivity contribution < 1.29 is 0 Å². The molecule has 3 nitrogen and oxygen atoms in total. The number of nitrogens with one attached hydrogen (secondary N) is 1. The van der Waals surface area contributed by atoms with Crippen molar-refractivity contribution in [3.8, 4) is 0 Å². The zero-order valence-corrected chi connectivity index (χ0v) is 13.3. The molecule has 0 amide bonds. The van der Waals surface area contributed by atoms with Gasteiger partial charge in [-0.15, -0.1) is 0 Å². The van der Waals surface area contributed by atoms with Crippen LogP contribution in [-0.2, 0) is 0 Å². The van der Waals surface area contributed by atoms with Gasteiger partial charge in [0.05, 0.1) is 0 Å². The number of rotatable bonds is 7. The second-order valence-corrected chi connectivity index (χ2v) is 5.79. The first-order chi connectivity index (χ1) is 8.91. The predicted molar refractivity (Wildman–Crippen MR) is 88.2 cm³/mol. The van der Waals surface area contributed by atoms with E-state index in [-0.39, 0.29) is 0 Å². The predicted octanol–water partition coefficient (Wildman–Crippen LogP) is 3.12. The Morgan fingerprint density at radius 1 is 1.47 bits per heavy atom. The van der Waals surface area contributed by atoms with E-state index < -0.39 is 0 Å². The number of hydrogen-bond donors (Lipinski definition) is 2. The fourth-order valence-electron chi connectivity index (χ4n) is 1.69. The van der Waals surface area contributed by atoms with Gasteiger partial charge >= 0.3 is 0 Å². The SMILES string of the molecule is CC(C)N(C)CCCNc1cc(Cl)ccc1C(N)=S. The molecule has 0 saturated carbocycles. The molecule has 0 heterocycles. The largest absolute Gasteiger partial charge is 0.389 e. The molecule has 106 valence electrons. The monoisotopic (exact) mass is 299 g/mol. The molecule has 3 N–H and O–H groups in total. The lowest BCUT2D eigenvalue weighted by Gasteiger charge is -2.21. The third-order valence-corrected chi connectivity index (χ3v) is 3.59. The van der Waals surface area contributed by atoms with Gasteiger partial charge in [0.2, 0.25) is 0 Å². The Morgan fingerprint density at radius 3 is 2.74 bits per heavy atom. The van der Waals surface area contributed by atoms with Crippen LogP contribution in [0.15, 0.2) is 18.2 Å². The van der Waals surface area contributed by atoms with E-state index in [1.807, 2.05) is 12.1 Å². The zero-order valence-electron chi connectivity index (χ0n) is 11.7. The lowest BCUT2D eigenvalue weighted by molar-refractivity contribution is 0.273. The molecule has 0 aliphatic heterocycles. The Morgan fingerprint density at radius 2 is 2.16 bits per heavy atom. The van der Waals surface area contributed by atoms with Gasteiger partial charge in [0, 0.05) is 28.9 Å². The summed E-state index contributed by atoms with van der Waals surface area (Å²) in [7, 11) is 2.13. The van der Waals surface area contributed by atoms with Crippen molar-refractivity contribution >= 4 is 34.5 Å². The van der Waals surface area contributed by atoms with E-state index in [0.29, 0.717) is 16.1 Å². The maximum Gasteiger partial charge on any atom is 0.106 e. The standard InChI is InChI=1S/C14H22ClN3S/c1-10(2)18(3)8-4-7-17-13-9-11(15)5-6-12(13)14(16)19/h5-6,9-10,17H,4,7-8H2,1-3H3,(H2,16,19). The van der Waals surface area contributed by atoms with Crippen LogP contribution < -0.4 is 11.1 Å². The molecule has 0 aromatic heterocycles. The number of halogens is 1. The van der Waals surface area contributed by atoms with Gasteiger partial charge in [-0.25, -0.2) is 0 Å². The number of anilines is 1. The van der Waals surface area contributed by atoms with Crippen LogP contribution in [-0.4, -0.2) is 36.1 Å². The Bertz CT molecular complexity index is 435. The van der Waals surface area contributed by atoms with Crippen LogP contribution in [0.1, 0.15) is 25.8 Å². The molecular formula is C14H22ClN3S. The smallest absolute Gasteiger partial charge is 0.106 e. The summed E-state index contributed by atoms with van der Waals surface area (Å²) in [6, 6.07) is 6.09. The molecular weight excluding hydrogens is 278 g/mol. The van der Waals surface area contributed by atoms with Crippen molar-refractivity contribution in [2.45, 2.75) is 26.3 Å². The number of hydrogen-bond acceptors (Lipinski definition) is 3. The normalized spacial score (nSPS) is 11.1. The quantitative estimate of drug-likeness (QED) is 0.599. The zero-order chi connectivity index (χ0) is 14.4. The summed E-state index contributed by atoms with van der Waals surface area (Å²) in [4.78, 5) is 2.70. The van der Waals surface area contributed by atoms with Gasteiger partial charge in [-0.3, -0.25) is 0 Å². The van der Waals surface area contributed by atoms with Gasteiger partial charge in [0.25, 0.3) is 0 Å². The van der Waals surface area contributed by atoms with Crippen molar-refractivity contribution in [1.29, 1.82) is 0 Å². The highest BCUT2D eigenvalue weighted by Crippen LogP contribution is 2.21. The molecule has 0 unspecified atom stereocenters. The Hall–Kier alpha value is -0.840. The van der Waals surface area contributed by atoms with E-state index in [4.69, 9.17) is 29.6 Å². The van der Waals surface area contributed by atoms with Crippen LogP contribution in [0.3, 0.4) is 0 Å². The van der Waals surface area contributed by atoms with Crippen LogP contribution in [0.2, 0.25) is 5.02 Å². The third kappa shape index (κ3) is 5.35. The van der Waals surface area contributed by atoms with Gasteiger partial charge in [0.15, 0.2) is 0 Å². The fraction of sp³-hybridized carbons (Fsp3) is 0.500. The van der Waals surface area contributed by atoms with E-state index in [0.717, 1.165) is 30.8 Å². The van der Waals surface area contributed by atoms with E-state index in [9.17, 15) is 0 Å². The molecule has 19 heavy (non-hydrogen) atoms. The summed E-state index contributed by atoms with van der Waals surface area (Å²) in [5, 5.41) is 4.03. The van der Waals surface area contributed by atoms with Crippen molar-refractivity contribution in [1.82, 2.24) is 4.90 Å². The summed E-state index contributed by atoms with van der Waals surface area (Å²) in [6.07, 6.45) is 1.05. The molecule has 0 atom stereocenters. The van der Waals surface area contributed by atoms with E-state index in [1.54, 1.807) is 6.07 Å². The molecule has 5 heteroatoms. The maximum atomic E-state index is 5.99. The lowest BCUT2D eigenvalue weighted by Crippen LogP contribution is -2.28. The summed E-state index contributed by atoms with van der Waals surface area (Å²) in [5.41, 5.74) is 7.45. The number of benzene rings is 1. The highest BCUT2D eigenvalue weighted by atomic mass is 35.5. The Kier molecular flexibility index (Phi) is 6.55. The van der Waals surface area contributed by atoms with Crippen molar-refractivity contribution in [2.75, 3.05) is 25.5 Å². The molecule has 0 aliphatic carbocycles. The first-order valence-electron chi connectivity index (χ1n) is 6.45. The topological polar surface area (TPSA) is 41.3 Å². The molecule has 0 fully saturated rings. The summed E-state index contributed by atoms with van der Waals surface area (Å²) in [6.45, 7) is 6.30. The first kappa shape index (κ1) is 16.2. The van der Waals surface area contributed by atoms with Crippen molar-refractivity contribution in [3.63, 3.8) is 0 Å². The van der Waals surface area contributed by atoms with Gasteiger partial charge in [-0.05, 0) is 52.1 Å². The first-order valence-corrected chi connectivity index (χ1v) is 7.24. The van der Waals surface area contributed by atoms with E-state index in [2.05, 4.69) is 31.1 Å². The van der Waals surface area contributed by atoms with Gasteiger partial charge in [0.1, 0.15) is 4.99 Å². The van der Waals surface area contributed by atoms with Crippen LogP contribution in [0.4, 0.5) is 5.69 Å². The summed E-state index contributed by atoms with van der Waals surface area (Å²) >= 11 is 11.0. The minimum Gasteiger partial charge on any atom is -0.389 e. The van der Waals surface area contributed by atoms with Crippen LogP contribution >= 0.6 is 23.8 Å². The second kappa shape index (κ2) is 7.68. The molecule has 0 aliphatic rings. The average Bonchev–Trinajstić information content (AvgIpc) is 2.33. The highest BCUT2D eigenvalue weighted by Gasteiger charge is 2.06. The summed E-state index contributed by atoms with van der Waals surface area (Å²) in [5.74, 6) is 0. The molecule has 0 spiro atoms. The van der Waals surface area contributed by atoms with E-state index >= 15 is 0 Å². The Balaban J connectivity index is 2.53. The number of nitrogens with two attached hydrogens (primary N) is 1. The Labute approximate surface area is 126 Å². The number of nitrogens with zero attached hydrogens (tertiary/aromatic N) is 1. The third-order valence-electron chi connectivity index (χ3n) is 3.13. The van der Waals surface area contributed by atoms with Gasteiger partial charge in [-0.2, -0.15) is 0 Å². The van der Waals surface area contributed by atoms with Gasteiger partial charge in [-0.1, -0.05) is 23.8 Å². The average molecular weight is 300 g/mol. The molecule has 1 rings (SSSR count). The molecule has 1 aromatic rings. The van der Waals surface area contributed by atoms with Crippen LogP contribution in [0, 0.1) is 0 Å². The summed E-state index contributed by atoms with van der Waals surface area (Å²) < 4.78 is 0. The second-order valence-electron chi connectivity index (χ2n) is 4.91. The lowest BCUT2D eigenvalue weighted by atomic mass is 10.1. The minimum absolute atomic E-state index is 0.387. The minimum atomic E-state index is 0.387. The number of thiocarbonyl (C=S) groups is 1. The molecule has 0 radical (unpaired) electrons. The van der Waals surface area contributed by atoms with Crippen molar-refractivity contribution in [3.05, 3.63) is 28.8 Å². The van der Waals surface area contributed by atoms with E-state index in [1.165, 1.54) is 0 Å². The maximum absolute atomic E-state index is 5.99. The molecule has 1 aromatic carbocycles. The molecule has 0 bridgehead atoms. The van der Waals surface area contributed by atoms with Crippen molar-refractivity contribution in [2.24, 2.45) is 5.73 Å².